The van der Waals surface area contributed by atoms with Crippen LogP contribution in [-0.2, 0) is 19.9 Å². The monoisotopic (exact) mass is 448 g/mol. The third-order valence-electron chi connectivity index (χ3n) is 4.97. The Morgan fingerprint density at radius 3 is 2.34 bits per heavy atom. The van der Waals surface area contributed by atoms with Crippen LogP contribution in [0.3, 0.4) is 0 Å². The molecule has 11 heteroatoms. The first kappa shape index (κ1) is 22.8. The van der Waals surface area contributed by atoms with E-state index in [0.29, 0.717) is 10.6 Å². The number of hydrogen-bond donors (Lipinski definition) is 2. The summed E-state index contributed by atoms with van der Waals surface area (Å²) in [5.74, 6) is -4.45. The largest absolute Gasteiger partial charge is 0.335 e. The second-order valence-corrected chi connectivity index (χ2v) is 7.38. The summed E-state index contributed by atoms with van der Waals surface area (Å²) in [4.78, 5) is 51.3. The van der Waals surface area contributed by atoms with Gasteiger partial charge >= 0.3 is 6.03 Å². The molecule has 1 atom stereocenters. The first-order valence-corrected chi connectivity index (χ1v) is 9.40. The van der Waals surface area contributed by atoms with Gasteiger partial charge in [0, 0.05) is 18.3 Å². The van der Waals surface area contributed by atoms with E-state index in [2.05, 4.69) is 10.6 Å². The lowest BCUT2D eigenvalue weighted by Crippen LogP contribution is -2.45. The van der Waals surface area contributed by atoms with E-state index in [4.69, 9.17) is 0 Å². The summed E-state index contributed by atoms with van der Waals surface area (Å²) >= 11 is 0. The highest BCUT2D eigenvalue weighted by atomic mass is 19.1. The van der Waals surface area contributed by atoms with Crippen molar-refractivity contribution in [1.29, 1.82) is 0 Å². The lowest BCUT2D eigenvalue weighted by molar-refractivity contribution is -0.139. The Labute approximate surface area is 181 Å². The van der Waals surface area contributed by atoms with Gasteiger partial charge in [-0.3, -0.25) is 19.3 Å². The average Bonchev–Trinajstić information content (AvgIpc) is 2.95. The molecule has 8 nitrogen and oxygen atoms in total. The molecular formula is C21H19F3N4O4. The van der Waals surface area contributed by atoms with Gasteiger partial charge in [-0.2, -0.15) is 0 Å². The van der Waals surface area contributed by atoms with E-state index in [-0.39, 0.29) is 5.56 Å². The van der Waals surface area contributed by atoms with Crippen molar-refractivity contribution in [1.82, 2.24) is 15.1 Å². The van der Waals surface area contributed by atoms with Gasteiger partial charge < -0.3 is 15.5 Å². The first-order valence-electron chi connectivity index (χ1n) is 9.40. The fraction of sp³-hybridized carbons (Fsp3) is 0.238. The van der Waals surface area contributed by atoms with E-state index in [1.807, 2.05) is 0 Å². The van der Waals surface area contributed by atoms with Crippen LogP contribution in [-0.4, -0.2) is 53.7 Å². The highest BCUT2D eigenvalue weighted by molar-refractivity contribution is 6.09. The smallest absolute Gasteiger partial charge is 0.325 e. The van der Waals surface area contributed by atoms with Gasteiger partial charge in [-0.1, -0.05) is 0 Å². The SMILES string of the molecule is CN(CC(=O)Nc1ccc(F)cc1)C(=O)CN1C(=O)N[C@](C)(c2cc(F)ccc2F)C1=O. The maximum Gasteiger partial charge on any atom is 0.325 e. The molecule has 2 aromatic rings. The number of amides is 5. The van der Waals surface area contributed by atoms with E-state index in [9.17, 15) is 32.3 Å². The van der Waals surface area contributed by atoms with Crippen LogP contribution >= 0.6 is 0 Å². The number of carbonyl (C=O) groups is 4. The van der Waals surface area contributed by atoms with Gasteiger partial charge in [0.1, 0.15) is 29.5 Å². The maximum atomic E-state index is 14.2. The van der Waals surface area contributed by atoms with Crippen LogP contribution in [0.5, 0.6) is 0 Å². The molecule has 0 aromatic heterocycles. The number of halogens is 3. The molecular weight excluding hydrogens is 429 g/mol. The molecule has 1 saturated heterocycles. The minimum atomic E-state index is -1.90. The van der Waals surface area contributed by atoms with Crippen LogP contribution in [0, 0.1) is 17.5 Å². The zero-order chi connectivity index (χ0) is 23.6. The third-order valence-corrected chi connectivity index (χ3v) is 4.97. The first-order chi connectivity index (χ1) is 15.0. The molecule has 3 rings (SSSR count). The number of hydrogen-bond acceptors (Lipinski definition) is 4. The molecule has 1 fully saturated rings. The van der Waals surface area contributed by atoms with Gasteiger partial charge in [0.05, 0.1) is 6.54 Å². The number of benzene rings is 2. The number of likely N-dealkylation sites (N-methyl/N-ethyl adjacent to an activating group) is 1. The van der Waals surface area contributed by atoms with Crippen LogP contribution in [0.4, 0.5) is 23.7 Å². The van der Waals surface area contributed by atoms with E-state index in [1.165, 1.54) is 26.1 Å². The topological polar surface area (TPSA) is 98.8 Å². The van der Waals surface area contributed by atoms with E-state index in [0.717, 1.165) is 35.2 Å². The molecule has 0 aliphatic carbocycles. The summed E-state index contributed by atoms with van der Waals surface area (Å²) in [5, 5.41) is 4.76. The van der Waals surface area contributed by atoms with E-state index in [1.54, 1.807) is 0 Å². The van der Waals surface area contributed by atoms with Crippen molar-refractivity contribution in [2.24, 2.45) is 0 Å². The van der Waals surface area contributed by atoms with Crippen molar-refractivity contribution >= 4 is 29.4 Å². The van der Waals surface area contributed by atoms with Gasteiger partial charge in [-0.05, 0) is 49.4 Å². The molecule has 0 saturated carbocycles. The molecule has 32 heavy (non-hydrogen) atoms. The molecule has 168 valence electrons. The number of anilines is 1. The Bertz CT molecular complexity index is 1090. The molecule has 1 aliphatic rings. The maximum absolute atomic E-state index is 14.2. The van der Waals surface area contributed by atoms with Gasteiger partial charge in [-0.15, -0.1) is 0 Å². The zero-order valence-electron chi connectivity index (χ0n) is 17.1. The zero-order valence-corrected chi connectivity index (χ0v) is 17.1. The lowest BCUT2D eigenvalue weighted by atomic mass is 9.91. The van der Waals surface area contributed by atoms with Crippen molar-refractivity contribution in [3.8, 4) is 0 Å². The summed E-state index contributed by atoms with van der Waals surface area (Å²) in [6.45, 7) is 0.0859. The Kier molecular flexibility index (Phi) is 6.19. The fourth-order valence-corrected chi connectivity index (χ4v) is 3.20. The van der Waals surface area contributed by atoms with Crippen LogP contribution in [0.25, 0.3) is 0 Å². The second kappa shape index (κ2) is 8.69. The lowest BCUT2D eigenvalue weighted by Gasteiger charge is -2.23. The minimum Gasteiger partial charge on any atom is -0.335 e. The van der Waals surface area contributed by atoms with Crippen LogP contribution in [0.1, 0.15) is 12.5 Å². The highest BCUT2D eigenvalue weighted by Crippen LogP contribution is 2.31. The predicted molar refractivity (Wildman–Crippen MR) is 107 cm³/mol. The predicted octanol–water partition coefficient (Wildman–Crippen LogP) is 1.97. The molecule has 0 radical (unpaired) electrons. The number of urea groups is 1. The van der Waals surface area contributed by atoms with Crippen molar-refractivity contribution in [3.05, 3.63) is 65.5 Å². The number of carbonyl (C=O) groups excluding carboxylic acids is 4. The number of imide groups is 1. The third kappa shape index (κ3) is 4.56. The number of nitrogens with one attached hydrogen (secondary N) is 2. The van der Waals surface area contributed by atoms with Crippen LogP contribution < -0.4 is 10.6 Å². The van der Waals surface area contributed by atoms with Gasteiger partial charge in [0.15, 0.2) is 0 Å². The van der Waals surface area contributed by atoms with Crippen molar-refractivity contribution in [2.75, 3.05) is 25.5 Å². The highest BCUT2D eigenvalue weighted by Gasteiger charge is 2.51. The van der Waals surface area contributed by atoms with Gasteiger partial charge in [-0.25, -0.2) is 18.0 Å². The molecule has 2 aromatic carbocycles. The molecule has 0 spiro atoms. The fourth-order valence-electron chi connectivity index (χ4n) is 3.20. The van der Waals surface area contributed by atoms with Crippen molar-refractivity contribution in [2.45, 2.75) is 12.5 Å². The van der Waals surface area contributed by atoms with Crippen LogP contribution in [0.15, 0.2) is 42.5 Å². The minimum absolute atomic E-state index is 0.319. The number of nitrogens with zero attached hydrogens (tertiary/aromatic N) is 2. The molecule has 0 unspecified atom stereocenters. The molecule has 2 N–H and O–H groups in total. The Balaban J connectivity index is 1.65. The van der Waals surface area contributed by atoms with Crippen molar-refractivity contribution in [3.63, 3.8) is 0 Å². The summed E-state index contributed by atoms with van der Waals surface area (Å²) in [7, 11) is 1.29. The summed E-state index contributed by atoms with van der Waals surface area (Å²) in [6.07, 6.45) is 0. The van der Waals surface area contributed by atoms with E-state index < -0.39 is 59.8 Å². The van der Waals surface area contributed by atoms with Crippen molar-refractivity contribution < 1.29 is 32.3 Å². The van der Waals surface area contributed by atoms with Gasteiger partial charge in [0.25, 0.3) is 5.91 Å². The normalized spacial score (nSPS) is 17.8. The van der Waals surface area contributed by atoms with E-state index >= 15 is 0 Å². The molecule has 1 aliphatic heterocycles. The molecule has 0 bridgehead atoms. The summed E-state index contributed by atoms with van der Waals surface area (Å²) in [5.41, 5.74) is -1.96. The Hall–Kier alpha value is -3.89. The van der Waals surface area contributed by atoms with Gasteiger partial charge in [0.2, 0.25) is 11.8 Å². The van der Waals surface area contributed by atoms with Crippen LogP contribution in [0.2, 0.25) is 0 Å². The summed E-state index contributed by atoms with van der Waals surface area (Å²) < 4.78 is 40.7. The quantitative estimate of drug-likeness (QED) is 0.661. The molecule has 1 heterocycles. The Morgan fingerprint density at radius 2 is 1.69 bits per heavy atom. The summed E-state index contributed by atoms with van der Waals surface area (Å²) in [6, 6.07) is 6.53. The standard InChI is InChI=1S/C21H19F3N4O4/c1-21(15-9-13(23)5-8-16(15)24)19(31)28(20(32)26-21)11-18(30)27(2)10-17(29)25-14-6-3-12(22)4-7-14/h3-9H,10-11H2,1-2H3,(H,25,29)(H,26,32)/t21-/m1/s1. The number of rotatable bonds is 6. The molecule has 5 amide bonds. The average molecular weight is 448 g/mol. The Morgan fingerprint density at radius 1 is 1.06 bits per heavy atom. The second-order valence-electron chi connectivity index (χ2n) is 7.38.